The van der Waals surface area contributed by atoms with Crippen molar-refractivity contribution in [3.05, 3.63) is 115 Å². The third kappa shape index (κ3) is 2.18. The van der Waals surface area contributed by atoms with Crippen LogP contribution >= 0.6 is 0 Å². The smallest absolute Gasteiger partial charge is 0.137 e. The van der Waals surface area contributed by atoms with Crippen LogP contribution < -0.4 is 0 Å². The zero-order valence-corrected chi connectivity index (χ0v) is 18.3. The Morgan fingerprint density at radius 3 is 2.18 bits per heavy atom. The summed E-state index contributed by atoms with van der Waals surface area (Å²) in [4.78, 5) is 4.80. The van der Waals surface area contributed by atoms with Gasteiger partial charge >= 0.3 is 0 Å². The Morgan fingerprint density at radius 2 is 1.29 bits per heavy atom. The molecule has 0 radical (unpaired) electrons. The third-order valence-corrected chi connectivity index (χ3v) is 7.09. The van der Waals surface area contributed by atoms with E-state index in [-0.39, 0.29) is 0 Å². The predicted octanol–water partition coefficient (Wildman–Crippen LogP) is 7.87. The van der Waals surface area contributed by atoms with Gasteiger partial charge in [0.15, 0.2) is 0 Å². The van der Waals surface area contributed by atoms with Crippen LogP contribution in [0.25, 0.3) is 65.9 Å². The van der Waals surface area contributed by atoms with Crippen LogP contribution in [0.3, 0.4) is 0 Å². The van der Waals surface area contributed by atoms with Crippen molar-refractivity contribution in [1.29, 1.82) is 0 Å². The first kappa shape index (κ1) is 17.9. The Labute approximate surface area is 195 Å². The van der Waals surface area contributed by atoms with Gasteiger partial charge in [0.25, 0.3) is 0 Å². The van der Waals surface area contributed by atoms with E-state index in [0.29, 0.717) is 0 Å². The van der Waals surface area contributed by atoms with E-state index < -0.39 is 0 Å². The number of nitrogens with zero attached hydrogens (tertiary/aromatic N) is 3. The second kappa shape index (κ2) is 6.46. The van der Waals surface area contributed by atoms with Gasteiger partial charge in [0.1, 0.15) is 5.82 Å². The molecule has 34 heavy (non-hydrogen) atoms. The Morgan fingerprint density at radius 1 is 0.500 bits per heavy atom. The summed E-state index contributed by atoms with van der Waals surface area (Å²) in [7, 11) is 0. The molecule has 5 aromatic carbocycles. The first-order valence-electron chi connectivity index (χ1n) is 11.6. The van der Waals surface area contributed by atoms with Gasteiger partial charge in [-0.1, -0.05) is 66.7 Å². The van der Waals surface area contributed by atoms with E-state index in [1.54, 1.807) is 0 Å². The second-order valence-electron chi connectivity index (χ2n) is 8.87. The van der Waals surface area contributed by atoms with Crippen molar-refractivity contribution in [3.63, 3.8) is 0 Å². The molecule has 8 aromatic rings. The second-order valence-corrected chi connectivity index (χ2v) is 8.87. The van der Waals surface area contributed by atoms with Gasteiger partial charge in [0, 0.05) is 33.4 Å². The molecule has 3 aromatic heterocycles. The lowest BCUT2D eigenvalue weighted by Crippen LogP contribution is -2.00. The summed E-state index contributed by atoms with van der Waals surface area (Å²) < 4.78 is 4.77. The average Bonchev–Trinajstić information content (AvgIpc) is 3.42. The van der Waals surface area contributed by atoms with Crippen LogP contribution in [0.4, 0.5) is 0 Å². The molecule has 8 rings (SSSR count). The lowest BCUT2D eigenvalue weighted by Gasteiger charge is -2.12. The van der Waals surface area contributed by atoms with Gasteiger partial charge in [-0.15, -0.1) is 0 Å². The molecule has 0 atom stereocenters. The normalized spacial score (nSPS) is 12.1. The highest BCUT2D eigenvalue weighted by Crippen LogP contribution is 2.45. The van der Waals surface area contributed by atoms with Crippen LogP contribution in [0.5, 0.6) is 0 Å². The van der Waals surface area contributed by atoms with Crippen LogP contribution in [0.1, 0.15) is 0 Å². The molecule has 3 nitrogen and oxygen atoms in total. The summed E-state index contributed by atoms with van der Waals surface area (Å²) in [6.45, 7) is 0. The molecule has 0 aliphatic rings. The lowest BCUT2D eigenvalue weighted by molar-refractivity contribution is 1.08. The highest BCUT2D eigenvalue weighted by atomic mass is 15.1. The molecule has 0 spiro atoms. The highest BCUT2D eigenvalue weighted by molar-refractivity contribution is 6.32. The molecule has 158 valence electrons. The fourth-order valence-electron chi connectivity index (χ4n) is 5.76. The first-order valence-corrected chi connectivity index (χ1v) is 11.6. The molecular weight excluding hydrogens is 414 g/mol. The first-order chi connectivity index (χ1) is 16.9. The number of para-hydroxylation sites is 2. The largest absolute Gasteiger partial charge is 0.307 e. The van der Waals surface area contributed by atoms with Gasteiger partial charge in [0.2, 0.25) is 0 Å². The third-order valence-electron chi connectivity index (χ3n) is 7.09. The molecule has 0 amide bonds. The van der Waals surface area contributed by atoms with Crippen LogP contribution in [0.2, 0.25) is 0 Å². The maximum Gasteiger partial charge on any atom is 0.137 e. The van der Waals surface area contributed by atoms with E-state index in [1.165, 1.54) is 54.4 Å². The standard InChI is InChI=1S/C31H19N3/c1-2-10-22(11-3-1)33-25-13-5-4-12-23(25)24-19-21-17-16-20-9-8-14-26-28(20)29(21)31(30(24)33)34(26)27-15-6-7-18-32-27/h1-19H. The molecule has 3 heterocycles. The van der Waals surface area contributed by atoms with Crippen LogP contribution in [0, 0.1) is 0 Å². The molecule has 0 N–H and O–H groups in total. The maximum absolute atomic E-state index is 4.80. The minimum Gasteiger partial charge on any atom is -0.307 e. The molecule has 0 bridgehead atoms. The van der Waals surface area contributed by atoms with E-state index in [1.807, 2.05) is 12.3 Å². The number of hydrogen-bond acceptors (Lipinski definition) is 1. The molecular formula is C31H19N3. The van der Waals surface area contributed by atoms with Crippen LogP contribution in [-0.4, -0.2) is 14.1 Å². The van der Waals surface area contributed by atoms with Crippen molar-refractivity contribution in [2.24, 2.45) is 0 Å². The summed E-state index contributed by atoms with van der Waals surface area (Å²) in [6, 6.07) is 39.0. The average molecular weight is 434 g/mol. The van der Waals surface area contributed by atoms with E-state index in [0.717, 1.165) is 11.5 Å². The van der Waals surface area contributed by atoms with Crippen molar-refractivity contribution in [1.82, 2.24) is 14.1 Å². The van der Waals surface area contributed by atoms with Gasteiger partial charge in [0.05, 0.1) is 22.1 Å². The van der Waals surface area contributed by atoms with Gasteiger partial charge < -0.3 is 4.57 Å². The van der Waals surface area contributed by atoms with E-state index >= 15 is 0 Å². The van der Waals surface area contributed by atoms with Crippen LogP contribution in [-0.2, 0) is 0 Å². The fourth-order valence-corrected chi connectivity index (χ4v) is 5.76. The summed E-state index contributed by atoms with van der Waals surface area (Å²) in [5, 5.41) is 7.63. The van der Waals surface area contributed by atoms with Crippen molar-refractivity contribution in [2.45, 2.75) is 0 Å². The number of hydrogen-bond donors (Lipinski definition) is 0. The topological polar surface area (TPSA) is 22.8 Å². The fraction of sp³-hybridized carbons (Fsp3) is 0. The number of fused-ring (bicyclic) bond motifs is 4. The van der Waals surface area contributed by atoms with Gasteiger partial charge in [-0.25, -0.2) is 4.98 Å². The van der Waals surface area contributed by atoms with Gasteiger partial charge in [-0.3, -0.25) is 4.57 Å². The van der Waals surface area contributed by atoms with E-state index in [4.69, 9.17) is 4.98 Å². The molecule has 0 saturated carbocycles. The molecule has 0 saturated heterocycles. The summed E-state index contributed by atoms with van der Waals surface area (Å²) >= 11 is 0. The molecule has 0 aliphatic carbocycles. The Hall–Kier alpha value is -4.63. The monoisotopic (exact) mass is 433 g/mol. The summed E-state index contributed by atoms with van der Waals surface area (Å²) in [5.41, 5.74) is 5.98. The lowest BCUT2D eigenvalue weighted by atomic mass is 10.00. The summed E-state index contributed by atoms with van der Waals surface area (Å²) in [6.07, 6.45) is 1.88. The Kier molecular flexibility index (Phi) is 3.39. The molecule has 0 fully saturated rings. The number of benzene rings is 5. The van der Waals surface area contributed by atoms with Crippen molar-refractivity contribution in [2.75, 3.05) is 0 Å². The highest BCUT2D eigenvalue weighted by Gasteiger charge is 2.23. The minimum absolute atomic E-state index is 0.935. The van der Waals surface area contributed by atoms with Gasteiger partial charge in [-0.05, 0) is 53.2 Å². The zero-order chi connectivity index (χ0) is 22.2. The number of rotatable bonds is 2. The Bertz CT molecular complexity index is 1990. The van der Waals surface area contributed by atoms with Gasteiger partial charge in [-0.2, -0.15) is 0 Å². The molecule has 0 aliphatic heterocycles. The summed E-state index contributed by atoms with van der Waals surface area (Å²) in [5.74, 6) is 0.935. The van der Waals surface area contributed by atoms with Crippen molar-refractivity contribution < 1.29 is 0 Å². The minimum atomic E-state index is 0.935. The number of pyridine rings is 1. The molecule has 0 unspecified atom stereocenters. The molecule has 3 heteroatoms. The maximum atomic E-state index is 4.80. The van der Waals surface area contributed by atoms with Crippen molar-refractivity contribution >= 4 is 54.4 Å². The van der Waals surface area contributed by atoms with E-state index in [2.05, 4.69) is 112 Å². The quantitative estimate of drug-likeness (QED) is 0.254. The van der Waals surface area contributed by atoms with E-state index in [9.17, 15) is 0 Å². The number of aromatic nitrogens is 3. The van der Waals surface area contributed by atoms with Crippen LogP contribution in [0.15, 0.2) is 115 Å². The SMILES string of the molecule is c1ccc(-n2c3ccccc3c3cc4ccc5cccc6c5c4c(c32)n6-c2ccccn2)cc1. The Balaban J connectivity index is 1.75. The van der Waals surface area contributed by atoms with Crippen molar-refractivity contribution in [3.8, 4) is 11.5 Å². The predicted molar refractivity (Wildman–Crippen MR) is 142 cm³/mol. The zero-order valence-electron chi connectivity index (χ0n) is 18.3.